The number of amides is 1. The molecule has 0 unspecified atom stereocenters. The molecule has 2 aromatic carbocycles. The molecule has 5 aromatic rings. The van der Waals surface area contributed by atoms with Gasteiger partial charge in [-0.15, -0.1) is 0 Å². The van der Waals surface area contributed by atoms with Crippen LogP contribution in [-0.2, 0) is 0 Å². The maximum absolute atomic E-state index is 12.9. The van der Waals surface area contributed by atoms with E-state index in [2.05, 4.69) is 25.5 Å². The monoisotopic (exact) mass is 490 g/mol. The Bertz CT molecular complexity index is 1670. The number of nitrogens with one attached hydrogen (secondary N) is 2. The van der Waals surface area contributed by atoms with Gasteiger partial charge in [-0.2, -0.15) is 19.9 Å². The number of carbonyl (C=O) groups excluding carboxylic acids is 1. The summed E-state index contributed by atoms with van der Waals surface area (Å²) >= 11 is 5.97. The number of nitro groups is 1. The van der Waals surface area contributed by atoms with E-state index < -0.39 is 16.4 Å². The topological polar surface area (TPSA) is 154 Å². The summed E-state index contributed by atoms with van der Waals surface area (Å²) < 4.78 is 2.72. The van der Waals surface area contributed by atoms with Crippen LogP contribution >= 0.6 is 11.6 Å². The molecule has 174 valence electrons. The predicted octanol–water partition coefficient (Wildman–Crippen LogP) is 3.42. The van der Waals surface area contributed by atoms with Gasteiger partial charge in [0.25, 0.3) is 17.2 Å². The molecule has 0 aliphatic rings. The van der Waals surface area contributed by atoms with Gasteiger partial charge in [0.15, 0.2) is 5.65 Å². The van der Waals surface area contributed by atoms with Crippen LogP contribution in [0.5, 0.6) is 0 Å². The van der Waals surface area contributed by atoms with Crippen molar-refractivity contribution < 1.29 is 9.72 Å². The Morgan fingerprint density at radius 1 is 1.14 bits per heavy atom. The summed E-state index contributed by atoms with van der Waals surface area (Å²) in [6, 6.07) is 14.0. The van der Waals surface area contributed by atoms with Crippen LogP contribution in [0.1, 0.15) is 16.1 Å². The Morgan fingerprint density at radius 2 is 1.89 bits per heavy atom. The van der Waals surface area contributed by atoms with Crippen molar-refractivity contribution in [1.82, 2.24) is 29.5 Å². The van der Waals surface area contributed by atoms with Crippen molar-refractivity contribution in [2.24, 2.45) is 0 Å². The van der Waals surface area contributed by atoms with Crippen molar-refractivity contribution in [2.75, 3.05) is 5.32 Å². The average Bonchev–Trinajstić information content (AvgIpc) is 3.43. The molecule has 0 spiro atoms. The van der Waals surface area contributed by atoms with Gasteiger partial charge in [0, 0.05) is 17.2 Å². The Kier molecular flexibility index (Phi) is 5.34. The molecule has 1 amide bonds. The van der Waals surface area contributed by atoms with Crippen LogP contribution in [0.2, 0.25) is 5.02 Å². The lowest BCUT2D eigenvalue weighted by Gasteiger charge is -2.09. The number of fused-ring (bicyclic) bond motifs is 1. The van der Waals surface area contributed by atoms with Gasteiger partial charge in [-0.25, -0.2) is 4.68 Å². The smallest absolute Gasteiger partial charge is 0.282 e. The fourth-order valence-corrected chi connectivity index (χ4v) is 3.66. The minimum atomic E-state index is -0.715. The largest absolute Gasteiger partial charge is 0.306 e. The van der Waals surface area contributed by atoms with Gasteiger partial charge < -0.3 is 5.32 Å². The molecule has 0 bridgehead atoms. The third kappa shape index (κ3) is 4.02. The molecule has 13 heteroatoms. The molecule has 0 atom stereocenters. The maximum Gasteiger partial charge on any atom is 0.282 e. The van der Waals surface area contributed by atoms with Gasteiger partial charge in [0.2, 0.25) is 5.95 Å². The first-order valence-corrected chi connectivity index (χ1v) is 10.6. The highest BCUT2D eigenvalue weighted by Crippen LogP contribution is 2.22. The molecule has 3 aromatic heterocycles. The Hall–Kier alpha value is -4.84. The number of aromatic nitrogens is 6. The van der Waals surface area contributed by atoms with Gasteiger partial charge in [0.05, 0.1) is 22.5 Å². The number of rotatable bonds is 5. The van der Waals surface area contributed by atoms with Gasteiger partial charge in [-0.3, -0.25) is 24.7 Å². The second-order valence-electron chi connectivity index (χ2n) is 7.47. The Balaban J connectivity index is 1.58. The molecule has 0 saturated carbocycles. The van der Waals surface area contributed by atoms with Crippen LogP contribution in [-0.4, -0.2) is 40.4 Å². The summed E-state index contributed by atoms with van der Waals surface area (Å²) in [7, 11) is 0. The molecule has 3 heterocycles. The van der Waals surface area contributed by atoms with Crippen LogP contribution in [0.15, 0.2) is 65.6 Å². The van der Waals surface area contributed by atoms with Crippen LogP contribution in [0.4, 0.5) is 11.5 Å². The normalized spacial score (nSPS) is 11.0. The zero-order valence-corrected chi connectivity index (χ0v) is 18.7. The molecular formula is C22H15ClN8O4. The summed E-state index contributed by atoms with van der Waals surface area (Å²) in [6.45, 7) is 1.69. The fourth-order valence-electron chi connectivity index (χ4n) is 3.54. The number of hydrogen-bond acceptors (Lipinski definition) is 7. The van der Waals surface area contributed by atoms with E-state index >= 15 is 0 Å². The van der Waals surface area contributed by atoms with Crippen LogP contribution in [0.25, 0.3) is 22.7 Å². The molecule has 35 heavy (non-hydrogen) atoms. The van der Waals surface area contributed by atoms with Crippen LogP contribution < -0.4 is 10.9 Å². The minimum Gasteiger partial charge on any atom is -0.306 e. The number of para-hydroxylation sites is 1. The van der Waals surface area contributed by atoms with Crippen molar-refractivity contribution in [3.63, 3.8) is 0 Å². The number of nitro benzene ring substituents is 1. The molecular weight excluding hydrogens is 476 g/mol. The minimum absolute atomic E-state index is 0.0178. The molecule has 0 fully saturated rings. The van der Waals surface area contributed by atoms with Gasteiger partial charge in [0.1, 0.15) is 16.8 Å². The Labute approximate surface area is 200 Å². The maximum atomic E-state index is 12.9. The van der Waals surface area contributed by atoms with E-state index in [1.807, 2.05) is 0 Å². The lowest BCUT2D eigenvalue weighted by atomic mass is 10.1. The zero-order valence-electron chi connectivity index (χ0n) is 18.0. The quantitative estimate of drug-likeness (QED) is 0.282. The first kappa shape index (κ1) is 22.0. The summed E-state index contributed by atoms with van der Waals surface area (Å²) in [5, 5.41) is 23.3. The second-order valence-corrected chi connectivity index (χ2v) is 7.91. The van der Waals surface area contributed by atoms with Crippen molar-refractivity contribution in [2.45, 2.75) is 6.92 Å². The number of carbonyl (C=O) groups is 1. The summed E-state index contributed by atoms with van der Waals surface area (Å²) in [5.74, 6) is -0.539. The third-order valence-electron chi connectivity index (χ3n) is 5.12. The van der Waals surface area contributed by atoms with Crippen molar-refractivity contribution in [3.05, 3.63) is 97.5 Å². The van der Waals surface area contributed by atoms with E-state index in [-0.39, 0.29) is 34.1 Å². The number of halogens is 1. The molecule has 5 rings (SSSR count). The molecule has 0 aliphatic heterocycles. The number of H-pyrrole nitrogens is 1. The molecule has 12 nitrogen and oxygen atoms in total. The average molecular weight is 491 g/mol. The highest BCUT2D eigenvalue weighted by atomic mass is 35.5. The van der Waals surface area contributed by atoms with Crippen LogP contribution in [0, 0.1) is 17.0 Å². The summed E-state index contributed by atoms with van der Waals surface area (Å²) in [5.41, 5.74) is 0.476. The standard InChI is InChI=1S/C22H15ClN8O4/c1-12-10-18(25-20(32)15-4-2-3-5-17(15)31(34)35)30(28-12)22-26-19-16(21(33)27-22)11-24-29(19)14-8-6-13(23)7-9-14/h2-11H,1H3,(H,25,32)(H,26,27,33). The van der Waals surface area contributed by atoms with E-state index in [1.54, 1.807) is 37.3 Å². The van der Waals surface area contributed by atoms with E-state index in [0.29, 0.717) is 16.4 Å². The van der Waals surface area contributed by atoms with Crippen molar-refractivity contribution >= 4 is 40.0 Å². The first-order valence-electron chi connectivity index (χ1n) is 10.2. The van der Waals surface area contributed by atoms with E-state index in [9.17, 15) is 19.7 Å². The fraction of sp³-hybridized carbons (Fsp3) is 0.0455. The number of aromatic amines is 1. The molecule has 0 radical (unpaired) electrons. The SMILES string of the molecule is Cc1cc(NC(=O)c2ccccc2[N+](=O)[O-])n(-c2nc3c(cnn3-c3ccc(Cl)cc3)c(=O)[nH]2)n1. The highest BCUT2D eigenvalue weighted by molar-refractivity contribution is 6.30. The predicted molar refractivity (Wildman–Crippen MR) is 127 cm³/mol. The van der Waals surface area contributed by atoms with Gasteiger partial charge in [-0.05, 0) is 37.3 Å². The number of nitrogens with zero attached hydrogens (tertiary/aromatic N) is 6. The van der Waals surface area contributed by atoms with Crippen LogP contribution in [0.3, 0.4) is 0 Å². The van der Waals surface area contributed by atoms with E-state index in [1.165, 1.54) is 39.8 Å². The molecule has 0 saturated heterocycles. The van der Waals surface area contributed by atoms with E-state index in [4.69, 9.17) is 11.6 Å². The highest BCUT2D eigenvalue weighted by Gasteiger charge is 2.22. The number of aryl methyl sites for hydroxylation is 1. The summed E-state index contributed by atoms with van der Waals surface area (Å²) in [6.07, 6.45) is 1.39. The zero-order chi connectivity index (χ0) is 24.7. The van der Waals surface area contributed by atoms with Gasteiger partial charge >= 0.3 is 0 Å². The second kappa shape index (κ2) is 8.50. The lowest BCUT2D eigenvalue weighted by Crippen LogP contribution is -2.19. The number of hydrogen-bond donors (Lipinski definition) is 2. The molecule has 0 aliphatic carbocycles. The van der Waals surface area contributed by atoms with E-state index in [0.717, 1.165) is 0 Å². The van der Waals surface area contributed by atoms with Crippen molar-refractivity contribution in [3.8, 4) is 11.6 Å². The summed E-state index contributed by atoms with van der Waals surface area (Å²) in [4.78, 5) is 43.5. The Morgan fingerprint density at radius 3 is 2.63 bits per heavy atom. The number of anilines is 1. The van der Waals surface area contributed by atoms with Crippen molar-refractivity contribution in [1.29, 1.82) is 0 Å². The lowest BCUT2D eigenvalue weighted by molar-refractivity contribution is -0.385. The first-order chi connectivity index (χ1) is 16.8. The van der Waals surface area contributed by atoms with Gasteiger partial charge in [-0.1, -0.05) is 23.7 Å². The number of benzene rings is 2. The molecule has 2 N–H and O–H groups in total. The third-order valence-corrected chi connectivity index (χ3v) is 5.37.